The van der Waals surface area contributed by atoms with Gasteiger partial charge in [-0.05, 0) is 37.0 Å². The maximum absolute atomic E-state index is 12.1. The third kappa shape index (κ3) is 3.79. The molecule has 0 N–H and O–H groups in total. The summed E-state index contributed by atoms with van der Waals surface area (Å²) in [5, 5.41) is 0.242. The maximum atomic E-state index is 12.1. The van der Waals surface area contributed by atoms with Crippen molar-refractivity contribution in [1.29, 1.82) is 0 Å². The van der Waals surface area contributed by atoms with Crippen LogP contribution in [0, 0.1) is 11.3 Å². The summed E-state index contributed by atoms with van der Waals surface area (Å²) in [6, 6.07) is 0. The third-order valence-corrected chi connectivity index (χ3v) is 9.20. The molecule has 0 spiro atoms. The van der Waals surface area contributed by atoms with Crippen LogP contribution in [-0.4, -0.2) is 20.7 Å². The number of Topliss-reactive ketones (excluding diaryl/α,β-unsaturated/α-hetero) is 1. The number of hydrogen-bond donors (Lipinski definition) is 0. The molecule has 3 heteroatoms. The molecule has 0 aromatic heterocycles. The minimum absolute atomic E-state index is 0.236. The molecule has 1 atom stereocenters. The number of carbonyl (C=O) groups is 1. The van der Waals surface area contributed by atoms with Gasteiger partial charge in [-0.25, -0.2) is 0 Å². The Labute approximate surface area is 119 Å². The van der Waals surface area contributed by atoms with Crippen molar-refractivity contribution in [1.82, 2.24) is 0 Å². The second-order valence-electron chi connectivity index (χ2n) is 8.10. The molecule has 0 aliphatic heterocycles. The molecule has 0 fully saturated rings. The largest absolute Gasteiger partial charge is 0.416 e. The van der Waals surface area contributed by atoms with Crippen molar-refractivity contribution in [3.05, 3.63) is 11.6 Å². The third-order valence-electron chi connectivity index (χ3n) is 4.70. The number of ketones is 1. The minimum atomic E-state index is -1.69. The van der Waals surface area contributed by atoms with Crippen molar-refractivity contribution in [3.63, 3.8) is 0 Å². The van der Waals surface area contributed by atoms with E-state index in [0.717, 1.165) is 18.6 Å². The molecule has 1 aliphatic rings. The topological polar surface area (TPSA) is 26.3 Å². The zero-order valence-electron chi connectivity index (χ0n) is 13.9. The first-order valence-electron chi connectivity index (χ1n) is 7.24. The SMILES string of the molecule is CC1=C[C@@H](CO[Si](C)(C)C(C)(C)C)CC(C)(C)C1=O. The Morgan fingerprint density at radius 2 is 1.89 bits per heavy atom. The van der Waals surface area contributed by atoms with Crippen LogP contribution in [0.5, 0.6) is 0 Å². The molecule has 0 saturated carbocycles. The van der Waals surface area contributed by atoms with Gasteiger partial charge < -0.3 is 4.43 Å². The van der Waals surface area contributed by atoms with Crippen molar-refractivity contribution >= 4 is 14.1 Å². The van der Waals surface area contributed by atoms with Crippen LogP contribution in [0.3, 0.4) is 0 Å². The Balaban J connectivity index is 2.73. The highest BCUT2D eigenvalue weighted by Gasteiger charge is 2.39. The van der Waals surface area contributed by atoms with Crippen LogP contribution in [0.2, 0.25) is 18.1 Å². The lowest BCUT2D eigenvalue weighted by Gasteiger charge is -2.39. The normalized spacial score (nSPS) is 24.3. The van der Waals surface area contributed by atoms with Gasteiger partial charge in [0.25, 0.3) is 0 Å². The van der Waals surface area contributed by atoms with Crippen LogP contribution in [0.15, 0.2) is 11.6 Å². The van der Waals surface area contributed by atoms with E-state index in [1.807, 2.05) is 20.8 Å². The van der Waals surface area contributed by atoms with Crippen molar-refractivity contribution in [2.75, 3.05) is 6.61 Å². The fraction of sp³-hybridized carbons (Fsp3) is 0.812. The molecule has 0 unspecified atom stereocenters. The van der Waals surface area contributed by atoms with E-state index in [2.05, 4.69) is 39.9 Å². The average molecular weight is 282 g/mol. The molecule has 2 nitrogen and oxygen atoms in total. The highest BCUT2D eigenvalue weighted by Crippen LogP contribution is 2.39. The van der Waals surface area contributed by atoms with Gasteiger partial charge in [-0.3, -0.25) is 4.79 Å². The summed E-state index contributed by atoms with van der Waals surface area (Å²) >= 11 is 0. The van der Waals surface area contributed by atoms with Crippen molar-refractivity contribution in [3.8, 4) is 0 Å². The predicted octanol–water partition coefficient (Wildman–Crippen LogP) is 4.57. The molecular weight excluding hydrogens is 252 g/mol. The Kier molecular flexibility index (Phi) is 4.53. The van der Waals surface area contributed by atoms with E-state index in [1.165, 1.54) is 0 Å². The van der Waals surface area contributed by atoms with Gasteiger partial charge in [0.1, 0.15) is 0 Å². The van der Waals surface area contributed by atoms with Gasteiger partial charge in [0.15, 0.2) is 14.1 Å². The molecule has 0 aromatic rings. The second-order valence-corrected chi connectivity index (χ2v) is 12.9. The highest BCUT2D eigenvalue weighted by molar-refractivity contribution is 6.74. The molecule has 110 valence electrons. The summed E-state index contributed by atoms with van der Waals surface area (Å²) in [5.41, 5.74) is 0.667. The molecule has 0 saturated heterocycles. The van der Waals surface area contributed by atoms with Crippen LogP contribution in [0.4, 0.5) is 0 Å². The van der Waals surface area contributed by atoms with E-state index in [0.29, 0.717) is 5.92 Å². The fourth-order valence-electron chi connectivity index (χ4n) is 2.41. The lowest BCUT2D eigenvalue weighted by atomic mass is 9.72. The Morgan fingerprint density at radius 3 is 2.32 bits per heavy atom. The summed E-state index contributed by atoms with van der Waals surface area (Å²) in [5.74, 6) is 0.665. The second kappa shape index (κ2) is 5.17. The van der Waals surface area contributed by atoms with Gasteiger partial charge in [-0.1, -0.05) is 40.7 Å². The molecule has 0 aromatic carbocycles. The van der Waals surface area contributed by atoms with Crippen LogP contribution < -0.4 is 0 Å². The van der Waals surface area contributed by atoms with E-state index >= 15 is 0 Å². The number of allylic oxidation sites excluding steroid dienone is 1. The lowest BCUT2D eigenvalue weighted by Crippen LogP contribution is -2.43. The van der Waals surface area contributed by atoms with E-state index in [4.69, 9.17) is 4.43 Å². The smallest absolute Gasteiger partial charge is 0.192 e. The average Bonchev–Trinajstić information content (AvgIpc) is 2.21. The van der Waals surface area contributed by atoms with E-state index in [9.17, 15) is 4.79 Å². The Bertz CT molecular complexity index is 386. The highest BCUT2D eigenvalue weighted by atomic mass is 28.4. The van der Waals surface area contributed by atoms with E-state index < -0.39 is 8.32 Å². The summed E-state index contributed by atoms with van der Waals surface area (Å²) in [4.78, 5) is 12.1. The zero-order valence-corrected chi connectivity index (χ0v) is 14.9. The van der Waals surface area contributed by atoms with E-state index in [-0.39, 0.29) is 16.2 Å². The van der Waals surface area contributed by atoms with Crippen LogP contribution in [0.25, 0.3) is 0 Å². The van der Waals surface area contributed by atoms with Gasteiger partial charge in [-0.15, -0.1) is 0 Å². The maximum Gasteiger partial charge on any atom is 0.192 e. The van der Waals surface area contributed by atoms with Crippen LogP contribution in [-0.2, 0) is 9.22 Å². The standard InChI is InChI=1S/C16H30O2Si/c1-12-9-13(10-16(5,6)14(12)17)11-18-19(7,8)15(2,3)4/h9,13H,10-11H2,1-8H3/t13-/m1/s1. The van der Waals surface area contributed by atoms with Crippen molar-refractivity contribution in [2.24, 2.45) is 11.3 Å². The summed E-state index contributed by atoms with van der Waals surface area (Å²) in [7, 11) is -1.69. The molecule has 0 bridgehead atoms. The number of rotatable bonds is 3. The molecule has 1 aliphatic carbocycles. The van der Waals surface area contributed by atoms with E-state index in [1.54, 1.807) is 0 Å². The van der Waals surface area contributed by atoms with Gasteiger partial charge in [0, 0.05) is 17.9 Å². The monoisotopic (exact) mass is 282 g/mol. The van der Waals surface area contributed by atoms with Crippen LogP contribution >= 0.6 is 0 Å². The first-order chi connectivity index (χ1) is 8.37. The van der Waals surface area contributed by atoms with Gasteiger partial charge in [0.05, 0.1) is 0 Å². The van der Waals surface area contributed by atoms with Crippen molar-refractivity contribution < 1.29 is 9.22 Å². The molecule has 0 heterocycles. The number of hydrogen-bond acceptors (Lipinski definition) is 2. The van der Waals surface area contributed by atoms with Crippen LogP contribution in [0.1, 0.15) is 48.0 Å². The van der Waals surface area contributed by atoms with Gasteiger partial charge in [0.2, 0.25) is 0 Å². The number of carbonyl (C=O) groups excluding carboxylic acids is 1. The van der Waals surface area contributed by atoms with Gasteiger partial charge in [-0.2, -0.15) is 0 Å². The zero-order chi connectivity index (χ0) is 15.1. The molecular formula is C16H30O2Si. The Morgan fingerprint density at radius 1 is 1.37 bits per heavy atom. The summed E-state index contributed by atoms with van der Waals surface area (Å²) in [6.45, 7) is 18.1. The predicted molar refractivity (Wildman–Crippen MR) is 83.8 cm³/mol. The lowest BCUT2D eigenvalue weighted by molar-refractivity contribution is -0.124. The Hall–Kier alpha value is -0.413. The molecule has 0 amide bonds. The fourth-order valence-corrected chi connectivity index (χ4v) is 3.47. The molecule has 1 rings (SSSR count). The molecule has 19 heavy (non-hydrogen) atoms. The first-order valence-corrected chi connectivity index (χ1v) is 10.1. The van der Waals surface area contributed by atoms with Gasteiger partial charge >= 0.3 is 0 Å². The quantitative estimate of drug-likeness (QED) is 0.709. The first kappa shape index (κ1) is 16.6. The van der Waals surface area contributed by atoms with Crippen molar-refractivity contribution in [2.45, 2.75) is 66.1 Å². The minimum Gasteiger partial charge on any atom is -0.416 e. The summed E-state index contributed by atoms with van der Waals surface area (Å²) < 4.78 is 6.29. The summed E-state index contributed by atoms with van der Waals surface area (Å²) in [6.07, 6.45) is 3.01. The molecule has 0 radical (unpaired) electrons.